The van der Waals surface area contributed by atoms with Gasteiger partial charge in [-0.2, -0.15) is 0 Å². The second kappa shape index (κ2) is 5.94. The van der Waals surface area contributed by atoms with E-state index in [0.29, 0.717) is 12.5 Å². The molecule has 3 nitrogen and oxygen atoms in total. The fourth-order valence-corrected chi connectivity index (χ4v) is 2.75. The highest BCUT2D eigenvalue weighted by atomic mass is 32.1. The van der Waals surface area contributed by atoms with E-state index in [1.54, 1.807) is 11.3 Å². The van der Waals surface area contributed by atoms with Gasteiger partial charge in [-0.25, -0.2) is 4.98 Å². The summed E-state index contributed by atoms with van der Waals surface area (Å²) in [6.07, 6.45) is 1.84. The Morgan fingerprint density at radius 2 is 2.00 bits per heavy atom. The third-order valence-corrected chi connectivity index (χ3v) is 4.39. The van der Waals surface area contributed by atoms with Crippen molar-refractivity contribution in [3.8, 4) is 5.75 Å². The van der Waals surface area contributed by atoms with E-state index in [1.807, 2.05) is 38.2 Å². The number of para-hydroxylation sites is 1. The molecule has 0 atom stereocenters. The van der Waals surface area contributed by atoms with Gasteiger partial charge >= 0.3 is 0 Å². The van der Waals surface area contributed by atoms with Gasteiger partial charge in [0, 0.05) is 16.6 Å². The van der Waals surface area contributed by atoms with Gasteiger partial charge in [0.25, 0.3) is 0 Å². The average molecular weight is 290 g/mol. The van der Waals surface area contributed by atoms with E-state index in [4.69, 9.17) is 10.5 Å². The Kier molecular flexibility index (Phi) is 4.45. The van der Waals surface area contributed by atoms with Gasteiger partial charge in [0.2, 0.25) is 0 Å². The van der Waals surface area contributed by atoms with E-state index in [-0.39, 0.29) is 5.54 Å². The molecule has 1 heterocycles. The van der Waals surface area contributed by atoms with Crippen LogP contribution in [0, 0.1) is 0 Å². The van der Waals surface area contributed by atoms with Crippen molar-refractivity contribution in [1.29, 1.82) is 0 Å². The van der Waals surface area contributed by atoms with E-state index in [2.05, 4.69) is 24.9 Å². The maximum atomic E-state index is 6.07. The minimum absolute atomic E-state index is 0.342. The summed E-state index contributed by atoms with van der Waals surface area (Å²) in [4.78, 5) is 5.46. The van der Waals surface area contributed by atoms with Crippen molar-refractivity contribution in [2.45, 2.75) is 45.8 Å². The lowest BCUT2D eigenvalue weighted by molar-refractivity contribution is 0.301. The molecule has 0 unspecified atom stereocenters. The Morgan fingerprint density at radius 1 is 1.30 bits per heavy atom. The zero-order valence-electron chi connectivity index (χ0n) is 12.5. The van der Waals surface area contributed by atoms with Gasteiger partial charge in [0.15, 0.2) is 0 Å². The molecule has 0 saturated heterocycles. The number of hydrogen-bond acceptors (Lipinski definition) is 4. The Balaban J connectivity index is 2.08. The summed E-state index contributed by atoms with van der Waals surface area (Å²) in [6.45, 7) is 8.80. The Morgan fingerprint density at radius 3 is 2.60 bits per heavy atom. The van der Waals surface area contributed by atoms with Gasteiger partial charge < -0.3 is 10.5 Å². The van der Waals surface area contributed by atoms with Crippen molar-refractivity contribution >= 4 is 11.3 Å². The van der Waals surface area contributed by atoms with Crippen LogP contribution in [0.4, 0.5) is 0 Å². The minimum atomic E-state index is -0.342. The molecule has 0 amide bonds. The van der Waals surface area contributed by atoms with Crippen LogP contribution >= 0.6 is 11.3 Å². The van der Waals surface area contributed by atoms with E-state index in [9.17, 15) is 0 Å². The fourth-order valence-electron chi connectivity index (χ4n) is 1.90. The van der Waals surface area contributed by atoms with Crippen LogP contribution in [0.25, 0.3) is 0 Å². The van der Waals surface area contributed by atoms with Crippen LogP contribution in [0.2, 0.25) is 0 Å². The molecule has 2 rings (SSSR count). The Hall–Kier alpha value is -1.39. The third-order valence-electron chi connectivity index (χ3n) is 3.08. The predicted octanol–water partition coefficient (Wildman–Crippen LogP) is 4.04. The van der Waals surface area contributed by atoms with Gasteiger partial charge in [0.05, 0.1) is 0 Å². The minimum Gasteiger partial charge on any atom is -0.486 e. The maximum Gasteiger partial charge on any atom is 0.140 e. The summed E-state index contributed by atoms with van der Waals surface area (Å²) < 4.78 is 5.92. The SMILES string of the molecule is CC(C)c1ccccc1OCc1ncc(C(C)(C)N)s1. The molecule has 0 saturated carbocycles. The van der Waals surface area contributed by atoms with Crippen LogP contribution in [-0.4, -0.2) is 4.98 Å². The molecule has 2 N–H and O–H groups in total. The molecule has 2 aromatic rings. The maximum absolute atomic E-state index is 6.07. The van der Waals surface area contributed by atoms with Gasteiger partial charge in [-0.3, -0.25) is 0 Å². The molecule has 0 fully saturated rings. The second-order valence-electron chi connectivity index (χ2n) is 5.82. The quantitative estimate of drug-likeness (QED) is 0.904. The summed E-state index contributed by atoms with van der Waals surface area (Å²) in [5.41, 5.74) is 6.95. The van der Waals surface area contributed by atoms with Crippen molar-refractivity contribution in [3.05, 3.63) is 45.9 Å². The van der Waals surface area contributed by atoms with Crippen LogP contribution in [0.15, 0.2) is 30.5 Å². The van der Waals surface area contributed by atoms with Crippen molar-refractivity contribution in [2.75, 3.05) is 0 Å². The van der Waals surface area contributed by atoms with Crippen molar-refractivity contribution in [1.82, 2.24) is 4.98 Å². The lowest BCUT2D eigenvalue weighted by Crippen LogP contribution is -2.27. The summed E-state index contributed by atoms with van der Waals surface area (Å²) >= 11 is 1.61. The van der Waals surface area contributed by atoms with Crippen molar-refractivity contribution in [3.63, 3.8) is 0 Å². The summed E-state index contributed by atoms with van der Waals surface area (Å²) in [6, 6.07) is 8.16. The molecular formula is C16H22N2OS. The van der Waals surface area contributed by atoms with Gasteiger partial charge in [-0.15, -0.1) is 11.3 Å². The monoisotopic (exact) mass is 290 g/mol. The average Bonchev–Trinajstić information content (AvgIpc) is 2.85. The number of rotatable bonds is 5. The molecule has 0 aliphatic heterocycles. The smallest absolute Gasteiger partial charge is 0.140 e. The number of thiazole rings is 1. The molecule has 0 aliphatic rings. The van der Waals surface area contributed by atoms with Crippen LogP contribution in [0.3, 0.4) is 0 Å². The first-order chi connectivity index (χ1) is 9.38. The van der Waals surface area contributed by atoms with E-state index >= 15 is 0 Å². The first-order valence-corrected chi connectivity index (χ1v) is 7.65. The highest BCUT2D eigenvalue weighted by molar-refractivity contribution is 7.11. The Bertz CT molecular complexity index is 570. The van der Waals surface area contributed by atoms with Gasteiger partial charge in [-0.1, -0.05) is 32.0 Å². The zero-order chi connectivity index (χ0) is 14.8. The number of ether oxygens (including phenoxy) is 1. The van der Waals surface area contributed by atoms with Crippen LogP contribution in [0.1, 0.15) is 49.1 Å². The topological polar surface area (TPSA) is 48.1 Å². The standard InChI is InChI=1S/C16H22N2OS/c1-11(2)12-7-5-6-8-13(12)19-10-15-18-9-14(20-15)16(3,4)17/h5-9,11H,10,17H2,1-4H3. The van der Waals surface area contributed by atoms with Gasteiger partial charge in [-0.05, 0) is 31.4 Å². The molecule has 1 aromatic heterocycles. The third kappa shape index (κ3) is 3.58. The summed E-state index contributed by atoms with van der Waals surface area (Å²) in [7, 11) is 0. The van der Waals surface area contributed by atoms with Crippen LogP contribution in [-0.2, 0) is 12.1 Å². The van der Waals surface area contributed by atoms with E-state index < -0.39 is 0 Å². The van der Waals surface area contributed by atoms with E-state index in [1.165, 1.54) is 5.56 Å². The van der Waals surface area contributed by atoms with Crippen molar-refractivity contribution in [2.24, 2.45) is 5.73 Å². The first-order valence-electron chi connectivity index (χ1n) is 6.83. The lowest BCUT2D eigenvalue weighted by Gasteiger charge is -2.15. The molecule has 0 bridgehead atoms. The summed E-state index contributed by atoms with van der Waals surface area (Å²) in [5.74, 6) is 1.38. The largest absolute Gasteiger partial charge is 0.486 e. The fraction of sp³-hybridized carbons (Fsp3) is 0.438. The Labute approximate surface area is 124 Å². The molecule has 20 heavy (non-hydrogen) atoms. The molecule has 1 aromatic carbocycles. The number of hydrogen-bond donors (Lipinski definition) is 1. The summed E-state index contributed by atoms with van der Waals surface area (Å²) in [5, 5.41) is 0.956. The molecule has 0 aliphatic carbocycles. The zero-order valence-corrected chi connectivity index (χ0v) is 13.3. The second-order valence-corrected chi connectivity index (χ2v) is 6.94. The molecule has 0 radical (unpaired) electrons. The highest BCUT2D eigenvalue weighted by Gasteiger charge is 2.18. The lowest BCUT2D eigenvalue weighted by atomic mass is 10.0. The first kappa shape index (κ1) is 15.0. The predicted molar refractivity (Wildman–Crippen MR) is 84.2 cm³/mol. The molecule has 108 valence electrons. The van der Waals surface area contributed by atoms with Crippen LogP contribution < -0.4 is 10.5 Å². The van der Waals surface area contributed by atoms with Crippen LogP contribution in [0.5, 0.6) is 5.75 Å². The number of aromatic nitrogens is 1. The number of nitrogens with two attached hydrogens (primary N) is 1. The normalized spacial score (nSPS) is 11.9. The molecule has 4 heteroatoms. The number of benzene rings is 1. The highest BCUT2D eigenvalue weighted by Crippen LogP contribution is 2.28. The number of nitrogens with zero attached hydrogens (tertiary/aromatic N) is 1. The molecular weight excluding hydrogens is 268 g/mol. The van der Waals surface area contributed by atoms with E-state index in [0.717, 1.165) is 15.6 Å². The van der Waals surface area contributed by atoms with Crippen molar-refractivity contribution < 1.29 is 4.74 Å². The van der Waals surface area contributed by atoms with Gasteiger partial charge in [0.1, 0.15) is 17.4 Å². The molecule has 0 spiro atoms.